The van der Waals surface area contributed by atoms with Crippen molar-refractivity contribution in [1.29, 1.82) is 0 Å². The van der Waals surface area contributed by atoms with Crippen molar-refractivity contribution < 1.29 is 9.47 Å². The topological polar surface area (TPSA) is 97.3 Å². The van der Waals surface area contributed by atoms with Gasteiger partial charge in [0.1, 0.15) is 29.9 Å². The van der Waals surface area contributed by atoms with E-state index in [1.54, 1.807) is 18.7 Å². The molecule has 2 aliphatic rings. The highest BCUT2D eigenvalue weighted by atomic mass is 16.5. The zero-order valence-corrected chi connectivity index (χ0v) is 18.2. The number of aromatic nitrogens is 4. The molecule has 3 aromatic heterocycles. The van der Waals surface area contributed by atoms with Crippen LogP contribution in [-0.4, -0.2) is 52.2 Å². The zero-order valence-electron chi connectivity index (χ0n) is 18.2. The molecule has 2 aliphatic heterocycles. The van der Waals surface area contributed by atoms with Gasteiger partial charge >= 0.3 is 0 Å². The number of nitrogens with zero attached hydrogens (tertiary/aromatic N) is 5. The van der Waals surface area contributed by atoms with Gasteiger partial charge in [-0.05, 0) is 42.8 Å². The summed E-state index contributed by atoms with van der Waals surface area (Å²) in [7, 11) is 0. The van der Waals surface area contributed by atoms with E-state index < -0.39 is 0 Å². The van der Waals surface area contributed by atoms with E-state index >= 15 is 0 Å². The maximum Gasteiger partial charge on any atom is 0.172 e. The summed E-state index contributed by atoms with van der Waals surface area (Å²) in [5.74, 6) is 3.74. The number of ether oxygens (including phenoxy) is 2. The minimum atomic E-state index is 0.301. The van der Waals surface area contributed by atoms with E-state index in [1.165, 1.54) is 0 Å². The molecule has 0 radical (unpaired) electrons. The lowest BCUT2D eigenvalue weighted by atomic mass is 10.2. The molecule has 166 valence electrons. The maximum absolute atomic E-state index is 6.04. The van der Waals surface area contributed by atoms with Gasteiger partial charge in [0.15, 0.2) is 17.4 Å². The standard InChI is InChI=1S/C24H23N7O2/c1-15-9-16(4-5-20(15)33-18-3-2-6-25-11-18)29-23-22-19(27-14-28-23)10-21-24(30-22)31-8-7-26-17(12-31)13-32-21/h2-6,9-11,14,17,26H,7-8,12-13H2,1H3,(H,27,28,29). The second kappa shape index (κ2) is 8.18. The Bertz CT molecular complexity index is 1320. The van der Waals surface area contributed by atoms with E-state index in [0.717, 1.165) is 53.7 Å². The molecule has 1 fully saturated rings. The predicted octanol–water partition coefficient (Wildman–Crippen LogP) is 3.43. The minimum Gasteiger partial charge on any atom is -0.488 e. The molecule has 4 aromatic rings. The highest BCUT2D eigenvalue weighted by molar-refractivity contribution is 5.90. The zero-order chi connectivity index (χ0) is 22.2. The van der Waals surface area contributed by atoms with Crippen molar-refractivity contribution >= 4 is 28.4 Å². The Morgan fingerprint density at radius 2 is 2.18 bits per heavy atom. The summed E-state index contributed by atoms with van der Waals surface area (Å²) in [5.41, 5.74) is 3.33. The van der Waals surface area contributed by atoms with Crippen LogP contribution in [0.5, 0.6) is 17.2 Å². The molecule has 1 atom stereocenters. The van der Waals surface area contributed by atoms with Crippen LogP contribution in [0.4, 0.5) is 17.3 Å². The highest BCUT2D eigenvalue weighted by Gasteiger charge is 2.28. The Morgan fingerprint density at radius 3 is 3.06 bits per heavy atom. The molecule has 2 bridgehead atoms. The average Bonchev–Trinajstić information content (AvgIpc) is 2.96. The second-order valence-corrected chi connectivity index (χ2v) is 8.20. The Balaban J connectivity index is 1.31. The normalized spacial score (nSPS) is 17.1. The van der Waals surface area contributed by atoms with Crippen molar-refractivity contribution in [2.45, 2.75) is 13.0 Å². The number of aryl methyl sites for hydroxylation is 1. The molecule has 0 saturated carbocycles. The van der Waals surface area contributed by atoms with Crippen LogP contribution in [0.25, 0.3) is 11.0 Å². The molecule has 1 saturated heterocycles. The van der Waals surface area contributed by atoms with Crippen LogP contribution in [0, 0.1) is 6.92 Å². The predicted molar refractivity (Wildman–Crippen MR) is 126 cm³/mol. The van der Waals surface area contributed by atoms with Crippen LogP contribution in [0.3, 0.4) is 0 Å². The van der Waals surface area contributed by atoms with Crippen LogP contribution in [0.2, 0.25) is 0 Å². The van der Waals surface area contributed by atoms with Gasteiger partial charge in [-0.2, -0.15) is 0 Å². The molecule has 5 heterocycles. The van der Waals surface area contributed by atoms with Crippen molar-refractivity contribution in [3.63, 3.8) is 0 Å². The lowest BCUT2D eigenvalue weighted by molar-refractivity contribution is 0.271. The molecule has 0 spiro atoms. The van der Waals surface area contributed by atoms with Gasteiger partial charge in [-0.3, -0.25) is 4.98 Å². The van der Waals surface area contributed by atoms with E-state index in [0.29, 0.717) is 29.7 Å². The number of benzene rings is 1. The summed E-state index contributed by atoms with van der Waals surface area (Å²) in [6, 6.07) is 11.9. The van der Waals surface area contributed by atoms with Crippen molar-refractivity contribution in [2.75, 3.05) is 36.5 Å². The molecular weight excluding hydrogens is 418 g/mol. The lowest BCUT2D eigenvalue weighted by Crippen LogP contribution is -2.51. The number of piperazine rings is 1. The van der Waals surface area contributed by atoms with Crippen LogP contribution >= 0.6 is 0 Å². The Morgan fingerprint density at radius 1 is 1.21 bits per heavy atom. The number of anilines is 3. The van der Waals surface area contributed by atoms with Crippen molar-refractivity contribution in [3.05, 3.63) is 60.7 Å². The highest BCUT2D eigenvalue weighted by Crippen LogP contribution is 2.35. The average molecular weight is 441 g/mol. The molecule has 1 aromatic carbocycles. The maximum atomic E-state index is 6.04. The summed E-state index contributed by atoms with van der Waals surface area (Å²) in [5, 5.41) is 6.89. The third-order valence-corrected chi connectivity index (χ3v) is 5.85. The summed E-state index contributed by atoms with van der Waals surface area (Å²) in [6.07, 6.45) is 4.96. The van der Waals surface area contributed by atoms with Crippen LogP contribution < -0.4 is 25.0 Å². The summed E-state index contributed by atoms with van der Waals surface area (Å²) < 4.78 is 12.0. The SMILES string of the molecule is Cc1cc(Nc2ncnc3cc4c(nc23)N2CCNC(CO4)C2)ccc1Oc1cccnc1. The molecule has 6 rings (SSSR count). The van der Waals surface area contributed by atoms with E-state index in [2.05, 4.69) is 30.5 Å². The summed E-state index contributed by atoms with van der Waals surface area (Å²) >= 11 is 0. The van der Waals surface area contributed by atoms with Gasteiger partial charge in [-0.15, -0.1) is 0 Å². The van der Waals surface area contributed by atoms with Gasteiger partial charge in [-0.25, -0.2) is 15.0 Å². The largest absolute Gasteiger partial charge is 0.488 e. The number of hydrogen-bond donors (Lipinski definition) is 2. The third-order valence-electron chi connectivity index (χ3n) is 5.85. The fourth-order valence-electron chi connectivity index (χ4n) is 4.21. The Kier molecular flexibility index (Phi) is 4.88. The van der Waals surface area contributed by atoms with Gasteiger partial charge in [0.05, 0.1) is 17.8 Å². The van der Waals surface area contributed by atoms with E-state index in [-0.39, 0.29) is 0 Å². The van der Waals surface area contributed by atoms with Crippen molar-refractivity contribution in [3.8, 4) is 17.2 Å². The van der Waals surface area contributed by atoms with Crippen LogP contribution in [0.15, 0.2) is 55.1 Å². The van der Waals surface area contributed by atoms with Gasteiger partial charge in [0.2, 0.25) is 0 Å². The van der Waals surface area contributed by atoms with Crippen molar-refractivity contribution in [1.82, 2.24) is 25.3 Å². The van der Waals surface area contributed by atoms with Gasteiger partial charge < -0.3 is 25.0 Å². The molecule has 0 aliphatic carbocycles. The smallest absolute Gasteiger partial charge is 0.172 e. The minimum absolute atomic E-state index is 0.301. The summed E-state index contributed by atoms with van der Waals surface area (Å²) in [6.45, 7) is 5.31. The molecule has 33 heavy (non-hydrogen) atoms. The molecule has 1 unspecified atom stereocenters. The lowest BCUT2D eigenvalue weighted by Gasteiger charge is -2.31. The number of fused-ring (bicyclic) bond motifs is 5. The first kappa shape index (κ1) is 19.7. The summed E-state index contributed by atoms with van der Waals surface area (Å²) in [4.78, 5) is 20.2. The molecule has 9 nitrogen and oxygen atoms in total. The molecule has 2 N–H and O–H groups in total. The third kappa shape index (κ3) is 3.87. The molecule has 9 heteroatoms. The Labute approximate surface area is 190 Å². The fourth-order valence-corrected chi connectivity index (χ4v) is 4.21. The molecule has 0 amide bonds. The number of hydrogen-bond acceptors (Lipinski definition) is 9. The van der Waals surface area contributed by atoms with Gasteiger partial charge in [0, 0.05) is 37.6 Å². The first-order valence-corrected chi connectivity index (χ1v) is 11.0. The Hall–Kier alpha value is -3.98. The van der Waals surface area contributed by atoms with E-state index in [4.69, 9.17) is 14.5 Å². The van der Waals surface area contributed by atoms with Crippen LogP contribution in [0.1, 0.15) is 5.56 Å². The first-order chi connectivity index (χ1) is 16.2. The quantitative estimate of drug-likeness (QED) is 0.494. The molecular formula is C24H23N7O2. The fraction of sp³-hybridized carbons (Fsp3) is 0.250. The monoisotopic (exact) mass is 441 g/mol. The van der Waals surface area contributed by atoms with E-state index in [9.17, 15) is 0 Å². The second-order valence-electron chi connectivity index (χ2n) is 8.20. The van der Waals surface area contributed by atoms with E-state index in [1.807, 2.05) is 43.3 Å². The number of pyridine rings is 2. The van der Waals surface area contributed by atoms with Gasteiger partial charge in [-0.1, -0.05) is 0 Å². The van der Waals surface area contributed by atoms with Crippen molar-refractivity contribution in [2.24, 2.45) is 0 Å². The first-order valence-electron chi connectivity index (χ1n) is 11.0. The van der Waals surface area contributed by atoms with Gasteiger partial charge in [0.25, 0.3) is 0 Å². The number of nitrogens with one attached hydrogen (secondary N) is 2. The number of rotatable bonds is 4. The van der Waals surface area contributed by atoms with Crippen LogP contribution in [-0.2, 0) is 0 Å².